The lowest BCUT2D eigenvalue weighted by atomic mass is 9.98. The van der Waals surface area contributed by atoms with Crippen LogP contribution in [-0.4, -0.2) is 52.7 Å². The number of carbonyl (C=O) groups excluding carboxylic acids is 1. The fraction of sp³-hybridized carbons (Fsp3) is 0.320. The molecule has 4 heterocycles. The molecule has 176 valence electrons. The number of thiophene rings is 1. The predicted octanol–water partition coefficient (Wildman–Crippen LogP) is 4.16. The number of nitrogen functional groups attached to an aromatic ring is 1. The van der Waals surface area contributed by atoms with Gasteiger partial charge < -0.3 is 20.1 Å². The van der Waals surface area contributed by atoms with E-state index in [1.54, 1.807) is 25.6 Å². The molecule has 2 N–H and O–H groups in total. The Morgan fingerprint density at radius 3 is 2.91 bits per heavy atom. The monoisotopic (exact) mass is 477 g/mol. The van der Waals surface area contributed by atoms with E-state index in [2.05, 4.69) is 35.7 Å². The molecule has 0 aliphatic carbocycles. The quantitative estimate of drug-likeness (QED) is 0.419. The Morgan fingerprint density at radius 2 is 2.18 bits per heavy atom. The molecule has 1 amide bonds. The number of rotatable bonds is 6. The zero-order chi connectivity index (χ0) is 24.0. The van der Waals surface area contributed by atoms with Crippen molar-refractivity contribution in [2.45, 2.75) is 25.9 Å². The molecule has 0 bridgehead atoms. The molecule has 1 fully saturated rings. The summed E-state index contributed by atoms with van der Waals surface area (Å²) >= 11 is 1.66. The topological polar surface area (TPSA) is 95.0 Å². The van der Waals surface area contributed by atoms with Crippen LogP contribution in [0.4, 0.5) is 5.82 Å². The van der Waals surface area contributed by atoms with E-state index < -0.39 is 0 Å². The fourth-order valence-corrected chi connectivity index (χ4v) is 6.22. The van der Waals surface area contributed by atoms with E-state index in [1.165, 1.54) is 12.4 Å². The molecule has 3 aromatic heterocycles. The number of likely N-dealkylation sites (tertiary alicyclic amines) is 1. The van der Waals surface area contributed by atoms with Gasteiger partial charge in [0.2, 0.25) is 5.91 Å². The van der Waals surface area contributed by atoms with Gasteiger partial charge in [0.1, 0.15) is 17.6 Å². The summed E-state index contributed by atoms with van der Waals surface area (Å²) in [4.78, 5) is 19.4. The second kappa shape index (κ2) is 8.73. The van der Waals surface area contributed by atoms with Crippen LogP contribution in [0.1, 0.15) is 29.2 Å². The van der Waals surface area contributed by atoms with Crippen molar-refractivity contribution in [3.8, 4) is 16.2 Å². The van der Waals surface area contributed by atoms with Gasteiger partial charge in [-0.25, -0.2) is 9.50 Å². The maximum atomic E-state index is 12.3. The van der Waals surface area contributed by atoms with Gasteiger partial charge in [0.25, 0.3) is 0 Å². The lowest BCUT2D eigenvalue weighted by molar-refractivity contribution is -0.125. The molecular formula is C25H27N5O3S. The molecular weight excluding hydrogens is 450 g/mol. The summed E-state index contributed by atoms with van der Waals surface area (Å²) in [6, 6.07) is 6.37. The van der Waals surface area contributed by atoms with Crippen LogP contribution in [-0.2, 0) is 16.1 Å². The average Bonchev–Trinajstić information content (AvgIpc) is 3.54. The number of amides is 1. The smallest absolute Gasteiger partial charge is 0.245 e. The van der Waals surface area contributed by atoms with Crippen LogP contribution >= 0.6 is 11.3 Å². The van der Waals surface area contributed by atoms with Gasteiger partial charge in [-0.05, 0) is 42.5 Å². The first kappa shape index (κ1) is 22.4. The molecule has 1 aliphatic rings. The molecule has 0 saturated carbocycles. The Morgan fingerprint density at radius 1 is 1.35 bits per heavy atom. The number of aromatic nitrogens is 3. The first-order valence-electron chi connectivity index (χ1n) is 11.1. The summed E-state index contributed by atoms with van der Waals surface area (Å²) in [6.07, 6.45) is 3.67. The Kier molecular flexibility index (Phi) is 5.75. The Hall–Kier alpha value is -3.43. The van der Waals surface area contributed by atoms with Gasteiger partial charge in [0.15, 0.2) is 5.82 Å². The molecule has 8 nitrogen and oxygen atoms in total. The molecule has 1 aromatic carbocycles. The van der Waals surface area contributed by atoms with Crippen LogP contribution in [0.15, 0.2) is 37.2 Å². The number of nitrogens with zero attached hydrogens (tertiary/aromatic N) is 4. The van der Waals surface area contributed by atoms with Gasteiger partial charge >= 0.3 is 0 Å². The normalized spacial score (nSPS) is 16.0. The minimum absolute atomic E-state index is 0.0574. The highest BCUT2D eigenvalue weighted by Crippen LogP contribution is 2.46. The molecule has 9 heteroatoms. The minimum atomic E-state index is -0.0574. The first-order valence-corrected chi connectivity index (χ1v) is 11.9. The van der Waals surface area contributed by atoms with Crippen LogP contribution in [0.5, 0.6) is 5.75 Å². The maximum Gasteiger partial charge on any atom is 0.245 e. The number of carbonyl (C=O) groups is 1. The van der Waals surface area contributed by atoms with E-state index in [1.807, 2.05) is 15.5 Å². The van der Waals surface area contributed by atoms with Crippen LogP contribution in [0.25, 0.3) is 26.0 Å². The number of nitrogens with two attached hydrogens (primary N) is 1. The average molecular weight is 478 g/mol. The van der Waals surface area contributed by atoms with Crippen LogP contribution in [0, 0.1) is 6.92 Å². The highest BCUT2D eigenvalue weighted by Gasteiger charge is 2.34. The SMILES string of the molecule is C=CC(=O)N1CCC(c2c(COC)c(-c3cc4cc(C)cc(OC)c4s3)c3c(N)ncnn23)C1. The van der Waals surface area contributed by atoms with Gasteiger partial charge in [-0.1, -0.05) is 12.6 Å². The third-order valence-corrected chi connectivity index (χ3v) is 7.62. The molecule has 0 spiro atoms. The zero-order valence-corrected chi connectivity index (χ0v) is 20.3. The summed E-state index contributed by atoms with van der Waals surface area (Å²) in [7, 11) is 3.38. The van der Waals surface area contributed by atoms with Crippen LogP contribution in [0.2, 0.25) is 0 Å². The number of aryl methyl sites for hydroxylation is 1. The van der Waals surface area contributed by atoms with Crippen molar-refractivity contribution < 1.29 is 14.3 Å². The van der Waals surface area contributed by atoms with E-state index in [0.717, 1.165) is 55.0 Å². The van der Waals surface area contributed by atoms with Gasteiger partial charge in [-0.3, -0.25) is 4.79 Å². The lowest BCUT2D eigenvalue weighted by Gasteiger charge is -2.15. The van der Waals surface area contributed by atoms with Crippen molar-refractivity contribution in [2.75, 3.05) is 33.0 Å². The highest BCUT2D eigenvalue weighted by atomic mass is 32.1. The number of fused-ring (bicyclic) bond motifs is 2. The Labute approximate surface area is 201 Å². The second-order valence-electron chi connectivity index (χ2n) is 8.55. The van der Waals surface area contributed by atoms with Crippen molar-refractivity contribution in [2.24, 2.45) is 0 Å². The predicted molar refractivity (Wildman–Crippen MR) is 134 cm³/mol. The summed E-state index contributed by atoms with van der Waals surface area (Å²) in [5.41, 5.74) is 11.3. The molecule has 5 rings (SSSR count). The Bertz CT molecular complexity index is 1420. The van der Waals surface area contributed by atoms with Crippen molar-refractivity contribution in [3.63, 3.8) is 0 Å². The zero-order valence-electron chi connectivity index (χ0n) is 19.5. The molecule has 4 aromatic rings. The van der Waals surface area contributed by atoms with E-state index in [9.17, 15) is 4.79 Å². The summed E-state index contributed by atoms with van der Waals surface area (Å²) in [6.45, 7) is 7.35. The second-order valence-corrected chi connectivity index (χ2v) is 9.60. The number of methoxy groups -OCH3 is 2. The van der Waals surface area contributed by atoms with E-state index in [-0.39, 0.29) is 11.8 Å². The van der Waals surface area contributed by atoms with Gasteiger partial charge in [-0.2, -0.15) is 5.10 Å². The van der Waals surface area contributed by atoms with Gasteiger partial charge in [-0.15, -0.1) is 11.3 Å². The first-order chi connectivity index (χ1) is 16.5. The molecule has 34 heavy (non-hydrogen) atoms. The molecule has 1 aliphatic heterocycles. The molecule has 1 atom stereocenters. The van der Waals surface area contributed by atoms with Crippen LogP contribution < -0.4 is 10.5 Å². The maximum absolute atomic E-state index is 12.3. The standard InChI is InChI=1S/C25H27N5O3S/c1-5-20(31)29-7-6-15(11-29)22-17(12-32-3)21(23-25(26)27-13-28-30(22)23)19-10-16-8-14(2)9-18(33-4)24(16)34-19/h5,8-10,13,15H,1,6-7,11-12H2,2-4H3,(H2,26,27,28). The van der Waals surface area contributed by atoms with Crippen molar-refractivity contribution in [1.29, 1.82) is 0 Å². The fourth-order valence-electron chi connectivity index (χ4n) is 5.01. The summed E-state index contributed by atoms with van der Waals surface area (Å²) in [5.74, 6) is 1.29. The van der Waals surface area contributed by atoms with Gasteiger partial charge in [0, 0.05) is 42.1 Å². The van der Waals surface area contributed by atoms with Gasteiger partial charge in [0.05, 0.1) is 24.1 Å². The molecule has 1 unspecified atom stereocenters. The van der Waals surface area contributed by atoms with Crippen molar-refractivity contribution >= 4 is 38.7 Å². The number of benzene rings is 1. The number of hydrogen-bond donors (Lipinski definition) is 1. The van der Waals surface area contributed by atoms with E-state index in [0.29, 0.717) is 25.5 Å². The number of ether oxygens (including phenoxy) is 2. The number of anilines is 1. The highest BCUT2D eigenvalue weighted by molar-refractivity contribution is 7.22. The van der Waals surface area contributed by atoms with Crippen molar-refractivity contribution in [3.05, 3.63) is 54.0 Å². The third kappa shape index (κ3) is 3.52. The largest absolute Gasteiger partial charge is 0.495 e. The minimum Gasteiger partial charge on any atom is -0.495 e. The lowest BCUT2D eigenvalue weighted by Crippen LogP contribution is -2.26. The van der Waals surface area contributed by atoms with E-state index >= 15 is 0 Å². The molecule has 0 radical (unpaired) electrons. The number of hydrogen-bond acceptors (Lipinski definition) is 7. The summed E-state index contributed by atoms with van der Waals surface area (Å²) in [5, 5.41) is 5.71. The third-order valence-electron chi connectivity index (χ3n) is 6.44. The summed E-state index contributed by atoms with van der Waals surface area (Å²) < 4.78 is 14.3. The van der Waals surface area contributed by atoms with Crippen LogP contribution in [0.3, 0.4) is 0 Å². The molecule has 1 saturated heterocycles. The van der Waals surface area contributed by atoms with Crippen molar-refractivity contribution in [1.82, 2.24) is 19.5 Å². The Balaban J connectivity index is 1.76. The van der Waals surface area contributed by atoms with E-state index in [4.69, 9.17) is 15.2 Å².